The third-order valence-electron chi connectivity index (χ3n) is 4.12. The van der Waals surface area contributed by atoms with Crippen LogP contribution in [0.2, 0.25) is 0 Å². The molecule has 1 atom stereocenters. The van der Waals surface area contributed by atoms with Crippen LogP contribution in [0.5, 0.6) is 5.75 Å². The Morgan fingerprint density at radius 1 is 0.815 bits per heavy atom. The number of benzene rings is 3. The van der Waals surface area contributed by atoms with Crippen molar-refractivity contribution >= 4 is 25.0 Å². The molecule has 0 bridgehead atoms. The van der Waals surface area contributed by atoms with Crippen molar-refractivity contribution in [3.63, 3.8) is 0 Å². The van der Waals surface area contributed by atoms with Gasteiger partial charge in [-0.05, 0) is 50.2 Å². The second-order valence-electron chi connectivity index (χ2n) is 6.41. The van der Waals surface area contributed by atoms with Gasteiger partial charge in [-0.15, -0.1) is 0 Å². The van der Waals surface area contributed by atoms with Gasteiger partial charge in [-0.2, -0.15) is 0 Å². The van der Waals surface area contributed by atoms with Gasteiger partial charge in [0.15, 0.2) is 0 Å². The first-order valence-electron chi connectivity index (χ1n) is 8.60. The van der Waals surface area contributed by atoms with E-state index in [1.807, 2.05) is 80.6 Å². The number of para-hydroxylation sites is 1. The average molecular weight is 378 g/mol. The van der Waals surface area contributed by atoms with Crippen LogP contribution in [-0.2, 0) is 9.09 Å². The number of aliphatic imine (C=N–C) groups is 1. The van der Waals surface area contributed by atoms with E-state index in [0.29, 0.717) is 22.7 Å². The van der Waals surface area contributed by atoms with E-state index < -0.39 is 7.75 Å². The lowest BCUT2D eigenvalue weighted by Gasteiger charge is -2.27. The van der Waals surface area contributed by atoms with Gasteiger partial charge in [0.1, 0.15) is 5.75 Å². The van der Waals surface area contributed by atoms with Crippen LogP contribution in [0.25, 0.3) is 0 Å². The molecule has 0 spiro atoms. The molecule has 1 N–H and O–H groups in total. The predicted molar refractivity (Wildman–Crippen MR) is 108 cm³/mol. The van der Waals surface area contributed by atoms with Gasteiger partial charge in [0.25, 0.3) is 0 Å². The molecule has 6 heteroatoms. The molecule has 27 heavy (non-hydrogen) atoms. The largest absolute Gasteiger partial charge is 0.542 e. The Hall–Kier alpha value is -3.04. The molecule has 4 rings (SSSR count). The van der Waals surface area contributed by atoms with Crippen molar-refractivity contribution in [3.05, 3.63) is 89.5 Å². The monoisotopic (exact) mass is 378 g/mol. The number of nitrogens with one attached hydrogen (secondary N) is 1. The number of fused-ring (bicyclic) bond motifs is 1. The van der Waals surface area contributed by atoms with Crippen LogP contribution in [-0.4, -0.2) is 5.90 Å². The number of anilines is 1. The van der Waals surface area contributed by atoms with E-state index in [0.717, 1.165) is 11.1 Å². The quantitative estimate of drug-likeness (QED) is 0.567. The summed E-state index contributed by atoms with van der Waals surface area (Å²) < 4.78 is 24.7. The molecule has 0 radical (unpaired) electrons. The van der Waals surface area contributed by atoms with Crippen LogP contribution in [0.3, 0.4) is 0 Å². The summed E-state index contributed by atoms with van der Waals surface area (Å²) in [5.41, 5.74) is 4.28. The molecule has 136 valence electrons. The molecule has 1 aliphatic heterocycles. The van der Waals surface area contributed by atoms with E-state index in [-0.39, 0.29) is 5.90 Å². The zero-order chi connectivity index (χ0) is 18.9. The van der Waals surface area contributed by atoms with Crippen LogP contribution in [0.15, 0.2) is 77.8 Å². The third-order valence-corrected chi connectivity index (χ3v) is 5.51. The molecular weight excluding hydrogens is 359 g/mol. The van der Waals surface area contributed by atoms with E-state index in [2.05, 4.69) is 10.1 Å². The van der Waals surface area contributed by atoms with Crippen LogP contribution in [0.4, 0.5) is 11.4 Å². The van der Waals surface area contributed by atoms with Gasteiger partial charge in [0.05, 0.1) is 11.3 Å². The lowest BCUT2D eigenvalue weighted by Crippen LogP contribution is -2.19. The number of nitrogens with zero attached hydrogens (tertiary/aromatic N) is 1. The molecule has 3 aromatic carbocycles. The summed E-state index contributed by atoms with van der Waals surface area (Å²) >= 11 is 0. The number of hydrogen-bond donors (Lipinski definition) is 1. The number of rotatable bonds is 3. The van der Waals surface area contributed by atoms with Gasteiger partial charge in [-0.3, -0.25) is 5.09 Å². The van der Waals surface area contributed by atoms with Crippen molar-refractivity contribution in [2.24, 2.45) is 4.99 Å². The minimum atomic E-state index is -3.67. The van der Waals surface area contributed by atoms with Gasteiger partial charge in [0, 0.05) is 5.69 Å². The second kappa shape index (κ2) is 6.93. The minimum Gasteiger partial charge on any atom is -0.399 e. The average Bonchev–Trinajstić information content (AvgIpc) is 2.65. The first kappa shape index (κ1) is 17.4. The normalized spacial score (nSPS) is 19.7. The Morgan fingerprint density at radius 3 is 2.15 bits per heavy atom. The lowest BCUT2D eigenvalue weighted by atomic mass is 10.2. The molecular formula is C21H19N2O3P. The third kappa shape index (κ3) is 3.88. The molecule has 0 fully saturated rings. The Labute approximate surface area is 158 Å². The highest BCUT2D eigenvalue weighted by atomic mass is 31.2. The van der Waals surface area contributed by atoms with Crippen molar-refractivity contribution in [1.29, 1.82) is 0 Å². The predicted octanol–water partition coefficient (Wildman–Crippen LogP) is 6.01. The van der Waals surface area contributed by atoms with Crippen LogP contribution < -0.4 is 9.61 Å². The second-order valence-corrected chi connectivity index (χ2v) is 7.99. The molecule has 0 aliphatic carbocycles. The molecule has 5 nitrogen and oxygen atoms in total. The summed E-state index contributed by atoms with van der Waals surface area (Å²) in [6, 6.07) is 22.5. The summed E-state index contributed by atoms with van der Waals surface area (Å²) in [5.74, 6) is 0.737. The van der Waals surface area contributed by atoms with E-state index in [4.69, 9.17) is 9.05 Å². The van der Waals surface area contributed by atoms with Crippen LogP contribution in [0.1, 0.15) is 16.7 Å². The molecule has 0 saturated heterocycles. The van der Waals surface area contributed by atoms with Crippen molar-refractivity contribution < 1.29 is 13.6 Å². The maximum absolute atomic E-state index is 13.3. The number of aryl methyl sites for hydroxylation is 2. The Balaban J connectivity index is 1.71. The number of hydrogen-bond acceptors (Lipinski definition) is 4. The molecule has 0 aromatic heterocycles. The first-order chi connectivity index (χ1) is 13.0. The smallest absolute Gasteiger partial charge is 0.399 e. The SMILES string of the molecule is Cc1ccc(N=C2O[P@@](=O)(Nc3ccc(C)cc3)Oc3ccccc32)cc1. The summed E-state index contributed by atoms with van der Waals surface area (Å²) in [6.45, 7) is 4.00. The highest BCUT2D eigenvalue weighted by molar-refractivity contribution is 7.56. The van der Waals surface area contributed by atoms with Gasteiger partial charge < -0.3 is 9.05 Å². The topological polar surface area (TPSA) is 59.9 Å². The van der Waals surface area contributed by atoms with Crippen molar-refractivity contribution in [1.82, 2.24) is 0 Å². The molecule has 0 amide bonds. The van der Waals surface area contributed by atoms with E-state index in [9.17, 15) is 4.57 Å². The summed E-state index contributed by atoms with van der Waals surface area (Å²) in [4.78, 5) is 4.55. The molecule has 1 heterocycles. The lowest BCUT2D eigenvalue weighted by molar-refractivity contribution is 0.375. The summed E-state index contributed by atoms with van der Waals surface area (Å²) in [7, 11) is -3.67. The van der Waals surface area contributed by atoms with Crippen molar-refractivity contribution in [2.45, 2.75) is 13.8 Å². The summed E-state index contributed by atoms with van der Waals surface area (Å²) in [6.07, 6.45) is 0. The van der Waals surface area contributed by atoms with E-state index in [1.54, 1.807) is 6.07 Å². The zero-order valence-corrected chi connectivity index (χ0v) is 15.9. The fraction of sp³-hybridized carbons (Fsp3) is 0.0952. The van der Waals surface area contributed by atoms with E-state index >= 15 is 0 Å². The van der Waals surface area contributed by atoms with Crippen molar-refractivity contribution in [3.8, 4) is 5.75 Å². The van der Waals surface area contributed by atoms with Gasteiger partial charge in [-0.25, -0.2) is 9.56 Å². The fourth-order valence-corrected chi connectivity index (χ4v) is 4.06. The van der Waals surface area contributed by atoms with Gasteiger partial charge in [-0.1, -0.05) is 47.5 Å². The molecule has 0 saturated carbocycles. The van der Waals surface area contributed by atoms with Gasteiger partial charge in [0.2, 0.25) is 5.90 Å². The Kier molecular flexibility index (Phi) is 4.46. The fourth-order valence-electron chi connectivity index (χ4n) is 2.68. The molecule has 1 aliphatic rings. The Morgan fingerprint density at radius 2 is 1.44 bits per heavy atom. The van der Waals surface area contributed by atoms with Crippen LogP contribution >= 0.6 is 7.75 Å². The van der Waals surface area contributed by atoms with Gasteiger partial charge >= 0.3 is 7.75 Å². The highest BCUT2D eigenvalue weighted by Gasteiger charge is 2.37. The maximum atomic E-state index is 13.3. The standard InChI is InChI=1S/C21H19N2O3P/c1-15-7-11-17(12-8-15)22-21-19-5-3-4-6-20(19)25-27(24,26-21)23-18-13-9-16(2)10-14-18/h3-14H,1-2H3,(H,23,24)/t27-/m1/s1. The minimum absolute atomic E-state index is 0.267. The highest BCUT2D eigenvalue weighted by Crippen LogP contribution is 2.53. The van der Waals surface area contributed by atoms with E-state index in [1.165, 1.54) is 0 Å². The first-order valence-corrected chi connectivity index (χ1v) is 10.1. The zero-order valence-electron chi connectivity index (χ0n) is 15.0. The van der Waals surface area contributed by atoms with Crippen molar-refractivity contribution in [2.75, 3.05) is 5.09 Å². The summed E-state index contributed by atoms with van der Waals surface area (Å²) in [5, 5.41) is 2.88. The van der Waals surface area contributed by atoms with Crippen LogP contribution in [0, 0.1) is 13.8 Å². The maximum Gasteiger partial charge on any atom is 0.542 e. The molecule has 3 aromatic rings. The molecule has 0 unspecified atom stereocenters. The Bertz CT molecular complexity index is 1040.